The Labute approximate surface area is 146 Å². The molecule has 5 nitrogen and oxygen atoms in total. The highest BCUT2D eigenvalue weighted by Gasteiger charge is 2.21. The number of aliphatic carboxylic acids is 1. The Hall–Kier alpha value is -1.73. The highest BCUT2D eigenvalue weighted by molar-refractivity contribution is 9.10. The Balaban J connectivity index is 2.19. The van der Waals surface area contributed by atoms with E-state index in [1.807, 2.05) is 26.0 Å². The fourth-order valence-electron chi connectivity index (χ4n) is 2.04. The van der Waals surface area contributed by atoms with Gasteiger partial charge in [0.05, 0.1) is 23.7 Å². The zero-order valence-corrected chi connectivity index (χ0v) is 15.1. The molecule has 0 aliphatic heterocycles. The molecule has 0 aliphatic carbocycles. The summed E-state index contributed by atoms with van der Waals surface area (Å²) >= 11 is 4.69. The second-order valence-corrected chi connectivity index (χ2v) is 7.37. The lowest BCUT2D eigenvalue weighted by Crippen LogP contribution is -2.29. The van der Waals surface area contributed by atoms with Gasteiger partial charge >= 0.3 is 5.97 Å². The van der Waals surface area contributed by atoms with Crippen LogP contribution in [-0.2, 0) is 4.79 Å². The van der Waals surface area contributed by atoms with Gasteiger partial charge in [-0.05, 0) is 17.7 Å². The number of halogens is 1. The molecule has 2 N–H and O–H groups in total. The molecule has 1 amide bonds. The predicted octanol–water partition coefficient (Wildman–Crippen LogP) is 3.97. The number of carboxylic acid groups (broad SMARTS) is 1. The minimum absolute atomic E-state index is 0.183. The summed E-state index contributed by atoms with van der Waals surface area (Å²) in [5.41, 5.74) is 0.740. The Morgan fingerprint density at radius 1 is 1.39 bits per heavy atom. The van der Waals surface area contributed by atoms with Gasteiger partial charge in [0, 0.05) is 10.4 Å². The standard InChI is InChI=1S/C16H17BrN2O3S/c1-9(2)16-18-8-13(23-16)15(22)19-12(7-14(20)21)10-4-3-5-11(17)6-10/h3-6,8-9,12H,7H2,1-2H3,(H,19,22)(H,20,21). The number of rotatable bonds is 6. The van der Waals surface area contributed by atoms with E-state index in [0.29, 0.717) is 4.88 Å². The van der Waals surface area contributed by atoms with Crippen LogP contribution in [0.25, 0.3) is 0 Å². The molecular formula is C16H17BrN2O3S. The zero-order chi connectivity index (χ0) is 17.0. The molecule has 122 valence electrons. The van der Waals surface area contributed by atoms with Crippen molar-refractivity contribution in [1.29, 1.82) is 0 Å². The third-order valence-electron chi connectivity index (χ3n) is 3.18. The van der Waals surface area contributed by atoms with E-state index in [0.717, 1.165) is 15.0 Å². The van der Waals surface area contributed by atoms with Crippen LogP contribution in [0.3, 0.4) is 0 Å². The molecule has 0 saturated heterocycles. The van der Waals surface area contributed by atoms with Crippen LogP contribution in [0.15, 0.2) is 34.9 Å². The summed E-state index contributed by atoms with van der Waals surface area (Å²) < 4.78 is 0.833. The van der Waals surface area contributed by atoms with Gasteiger partial charge in [0.2, 0.25) is 0 Å². The summed E-state index contributed by atoms with van der Waals surface area (Å²) in [6.45, 7) is 4.02. The molecule has 1 aromatic carbocycles. The second-order valence-electron chi connectivity index (χ2n) is 5.40. The summed E-state index contributed by atoms with van der Waals surface area (Å²) in [7, 11) is 0. The molecule has 1 heterocycles. The van der Waals surface area contributed by atoms with Gasteiger partial charge in [0.1, 0.15) is 4.88 Å². The Kier molecular flexibility index (Phi) is 5.90. The number of thiazole rings is 1. The predicted molar refractivity (Wildman–Crippen MR) is 92.8 cm³/mol. The minimum atomic E-state index is -0.970. The molecule has 23 heavy (non-hydrogen) atoms. The van der Waals surface area contributed by atoms with Gasteiger partial charge in [-0.25, -0.2) is 4.98 Å². The first-order chi connectivity index (χ1) is 10.9. The monoisotopic (exact) mass is 396 g/mol. The van der Waals surface area contributed by atoms with Gasteiger partial charge in [0.15, 0.2) is 0 Å². The number of carboxylic acids is 1. The lowest BCUT2D eigenvalue weighted by atomic mass is 10.0. The topological polar surface area (TPSA) is 79.3 Å². The van der Waals surface area contributed by atoms with Gasteiger partial charge in [-0.2, -0.15) is 0 Å². The number of aromatic nitrogens is 1. The number of carbonyl (C=O) groups is 2. The number of carbonyl (C=O) groups excluding carboxylic acids is 1. The Bertz CT molecular complexity index is 715. The first-order valence-electron chi connectivity index (χ1n) is 7.10. The normalized spacial score (nSPS) is 12.2. The van der Waals surface area contributed by atoms with E-state index in [-0.39, 0.29) is 18.2 Å². The molecule has 1 unspecified atom stereocenters. The first kappa shape index (κ1) is 17.6. The molecular weight excluding hydrogens is 380 g/mol. The van der Waals surface area contributed by atoms with E-state index in [2.05, 4.69) is 26.2 Å². The molecule has 0 bridgehead atoms. The van der Waals surface area contributed by atoms with Gasteiger partial charge in [-0.1, -0.05) is 41.9 Å². The van der Waals surface area contributed by atoms with Crippen molar-refractivity contribution in [2.24, 2.45) is 0 Å². The van der Waals surface area contributed by atoms with Crippen LogP contribution in [0.5, 0.6) is 0 Å². The van der Waals surface area contributed by atoms with Crippen molar-refractivity contribution in [2.45, 2.75) is 32.2 Å². The molecule has 0 spiro atoms. The summed E-state index contributed by atoms with van der Waals surface area (Å²) in [5.74, 6) is -1.02. The van der Waals surface area contributed by atoms with Crippen molar-refractivity contribution >= 4 is 39.1 Å². The van der Waals surface area contributed by atoms with Crippen LogP contribution in [0.4, 0.5) is 0 Å². The fraction of sp³-hybridized carbons (Fsp3) is 0.312. The van der Waals surface area contributed by atoms with Crippen molar-refractivity contribution in [3.05, 3.63) is 50.4 Å². The van der Waals surface area contributed by atoms with Crippen LogP contribution in [-0.4, -0.2) is 22.0 Å². The van der Waals surface area contributed by atoms with Crippen molar-refractivity contribution in [2.75, 3.05) is 0 Å². The van der Waals surface area contributed by atoms with Crippen LogP contribution in [0, 0.1) is 0 Å². The lowest BCUT2D eigenvalue weighted by molar-refractivity contribution is -0.137. The third-order valence-corrected chi connectivity index (χ3v) is 4.97. The highest BCUT2D eigenvalue weighted by atomic mass is 79.9. The summed E-state index contributed by atoms with van der Waals surface area (Å²) in [5, 5.41) is 12.8. The van der Waals surface area contributed by atoms with Crippen molar-refractivity contribution in [3.8, 4) is 0 Å². The van der Waals surface area contributed by atoms with E-state index in [9.17, 15) is 9.59 Å². The third kappa shape index (κ3) is 4.87. The SMILES string of the molecule is CC(C)c1ncc(C(=O)NC(CC(=O)O)c2cccc(Br)c2)s1. The zero-order valence-electron chi connectivity index (χ0n) is 12.7. The average Bonchev–Trinajstić information content (AvgIpc) is 2.96. The number of nitrogens with zero attached hydrogens (tertiary/aromatic N) is 1. The van der Waals surface area contributed by atoms with Gasteiger partial charge < -0.3 is 10.4 Å². The fourth-order valence-corrected chi connectivity index (χ4v) is 3.28. The summed E-state index contributed by atoms with van der Waals surface area (Å²) in [4.78, 5) is 28.2. The number of amides is 1. The number of hydrogen-bond donors (Lipinski definition) is 2. The maximum absolute atomic E-state index is 12.4. The molecule has 7 heteroatoms. The molecule has 0 fully saturated rings. The van der Waals surface area contributed by atoms with E-state index in [1.54, 1.807) is 12.1 Å². The van der Waals surface area contributed by atoms with Gasteiger partial charge in [-0.3, -0.25) is 9.59 Å². The van der Waals surface area contributed by atoms with Crippen molar-refractivity contribution in [1.82, 2.24) is 10.3 Å². The largest absolute Gasteiger partial charge is 0.481 e. The maximum Gasteiger partial charge on any atom is 0.305 e. The Morgan fingerprint density at radius 3 is 2.70 bits per heavy atom. The van der Waals surface area contributed by atoms with Crippen LogP contribution >= 0.6 is 27.3 Å². The summed E-state index contributed by atoms with van der Waals surface area (Å²) in [6.07, 6.45) is 1.35. The maximum atomic E-state index is 12.4. The van der Waals surface area contributed by atoms with Crippen LogP contribution < -0.4 is 5.32 Å². The van der Waals surface area contributed by atoms with Crippen LogP contribution in [0.1, 0.15) is 52.5 Å². The second kappa shape index (κ2) is 7.70. The Morgan fingerprint density at radius 2 is 2.13 bits per heavy atom. The minimum Gasteiger partial charge on any atom is -0.481 e. The van der Waals surface area contributed by atoms with Crippen LogP contribution in [0.2, 0.25) is 0 Å². The average molecular weight is 397 g/mol. The smallest absolute Gasteiger partial charge is 0.305 e. The molecule has 1 aromatic heterocycles. The van der Waals surface area contributed by atoms with E-state index in [1.165, 1.54) is 17.5 Å². The molecule has 0 aliphatic rings. The van der Waals surface area contributed by atoms with Gasteiger partial charge in [0.25, 0.3) is 5.91 Å². The van der Waals surface area contributed by atoms with E-state index >= 15 is 0 Å². The van der Waals surface area contributed by atoms with Crippen molar-refractivity contribution in [3.63, 3.8) is 0 Å². The molecule has 0 saturated carbocycles. The number of hydrogen-bond acceptors (Lipinski definition) is 4. The lowest BCUT2D eigenvalue weighted by Gasteiger charge is -2.17. The number of nitrogens with one attached hydrogen (secondary N) is 1. The number of benzene rings is 1. The van der Waals surface area contributed by atoms with Crippen molar-refractivity contribution < 1.29 is 14.7 Å². The summed E-state index contributed by atoms with van der Waals surface area (Å²) in [6, 6.07) is 6.66. The van der Waals surface area contributed by atoms with Gasteiger partial charge in [-0.15, -0.1) is 11.3 Å². The quantitative estimate of drug-likeness (QED) is 0.773. The molecule has 1 atom stereocenters. The van der Waals surface area contributed by atoms with E-state index < -0.39 is 12.0 Å². The highest BCUT2D eigenvalue weighted by Crippen LogP contribution is 2.24. The first-order valence-corrected chi connectivity index (χ1v) is 8.71. The molecule has 0 radical (unpaired) electrons. The molecule has 2 aromatic rings. The molecule has 2 rings (SSSR count). The van der Waals surface area contributed by atoms with E-state index in [4.69, 9.17) is 5.11 Å².